The van der Waals surface area contributed by atoms with Gasteiger partial charge in [-0.1, -0.05) is 36.4 Å². The maximum atomic E-state index is 12.6. The molecule has 2 aromatic carbocycles. The molecule has 1 amide bonds. The largest absolute Gasteiger partial charge is 0.353 e. The van der Waals surface area contributed by atoms with Gasteiger partial charge in [-0.25, -0.2) is 0 Å². The van der Waals surface area contributed by atoms with Crippen LogP contribution in [0.2, 0.25) is 0 Å². The van der Waals surface area contributed by atoms with E-state index in [1.165, 1.54) is 0 Å². The third kappa shape index (κ3) is 4.48. The molecule has 7 rings (SSSR count). The number of nitrogens with one attached hydrogen (secondary N) is 3. The highest BCUT2D eigenvalue weighted by Crippen LogP contribution is 2.34. The van der Waals surface area contributed by atoms with Crippen LogP contribution in [0.3, 0.4) is 0 Å². The molecule has 40 heavy (non-hydrogen) atoms. The number of aromatic nitrogens is 6. The van der Waals surface area contributed by atoms with Crippen LogP contribution in [0.5, 0.6) is 0 Å². The highest BCUT2D eigenvalue weighted by Gasteiger charge is 2.15. The first-order valence-electron chi connectivity index (χ1n) is 12.9. The third-order valence-electron chi connectivity index (χ3n) is 6.88. The quantitative estimate of drug-likeness (QED) is 0.234. The van der Waals surface area contributed by atoms with E-state index in [1.54, 1.807) is 31.0 Å². The lowest BCUT2D eigenvalue weighted by Crippen LogP contribution is -2.14. The van der Waals surface area contributed by atoms with E-state index >= 15 is 0 Å². The van der Waals surface area contributed by atoms with Crippen molar-refractivity contribution >= 4 is 33.4 Å². The van der Waals surface area contributed by atoms with E-state index in [-0.39, 0.29) is 5.91 Å². The van der Waals surface area contributed by atoms with Crippen LogP contribution in [0.1, 0.15) is 5.56 Å². The molecule has 7 aromatic rings. The summed E-state index contributed by atoms with van der Waals surface area (Å²) in [5, 5.41) is 12.7. The first kappa shape index (κ1) is 23.5. The lowest BCUT2D eigenvalue weighted by molar-refractivity contribution is -0.115. The van der Waals surface area contributed by atoms with Crippen LogP contribution in [-0.2, 0) is 11.2 Å². The van der Waals surface area contributed by atoms with Gasteiger partial charge >= 0.3 is 0 Å². The van der Waals surface area contributed by atoms with Gasteiger partial charge in [-0.15, -0.1) is 0 Å². The molecule has 3 N–H and O–H groups in total. The fourth-order valence-electron chi connectivity index (χ4n) is 4.97. The third-order valence-corrected chi connectivity index (χ3v) is 6.88. The van der Waals surface area contributed by atoms with Gasteiger partial charge in [-0.05, 0) is 53.6 Å². The number of hydrogen-bond donors (Lipinski definition) is 3. The van der Waals surface area contributed by atoms with Crippen LogP contribution in [0.4, 0.5) is 5.69 Å². The zero-order valence-electron chi connectivity index (χ0n) is 21.3. The number of carbonyl (C=O) groups is 1. The maximum absolute atomic E-state index is 12.6. The van der Waals surface area contributed by atoms with Gasteiger partial charge in [0.2, 0.25) is 5.91 Å². The van der Waals surface area contributed by atoms with Gasteiger partial charge in [-0.2, -0.15) is 5.10 Å². The number of anilines is 1. The van der Waals surface area contributed by atoms with Crippen molar-refractivity contribution in [1.29, 1.82) is 0 Å². The highest BCUT2D eigenvalue weighted by molar-refractivity contribution is 6.01. The van der Waals surface area contributed by atoms with Crippen molar-refractivity contribution in [3.63, 3.8) is 0 Å². The smallest absolute Gasteiger partial charge is 0.228 e. The molecule has 0 radical (unpaired) electrons. The zero-order valence-corrected chi connectivity index (χ0v) is 21.3. The lowest BCUT2D eigenvalue weighted by Gasteiger charge is -2.08. The van der Waals surface area contributed by atoms with E-state index in [2.05, 4.69) is 47.6 Å². The molecule has 0 spiro atoms. The molecule has 0 unspecified atom stereocenters. The zero-order chi connectivity index (χ0) is 26.9. The Morgan fingerprint density at radius 3 is 2.45 bits per heavy atom. The average molecular weight is 522 g/mol. The summed E-state index contributed by atoms with van der Waals surface area (Å²) in [5.41, 5.74) is 8.97. The average Bonchev–Trinajstić information content (AvgIpc) is 3.62. The van der Waals surface area contributed by atoms with E-state index in [4.69, 9.17) is 0 Å². The second-order valence-electron chi connectivity index (χ2n) is 9.55. The van der Waals surface area contributed by atoms with Crippen molar-refractivity contribution < 1.29 is 4.79 Å². The van der Waals surface area contributed by atoms with Crippen LogP contribution in [0.15, 0.2) is 110 Å². The Labute approximate surface area is 229 Å². The summed E-state index contributed by atoms with van der Waals surface area (Å²) in [6.07, 6.45) is 9.10. The predicted octanol–water partition coefficient (Wildman–Crippen LogP) is 6.41. The fraction of sp³-hybridized carbons (Fsp3) is 0.0312. The topological polar surface area (TPSA) is 112 Å². The maximum Gasteiger partial charge on any atom is 0.228 e. The summed E-state index contributed by atoms with van der Waals surface area (Å²) in [4.78, 5) is 29.2. The minimum Gasteiger partial charge on any atom is -0.353 e. The molecule has 5 heterocycles. The molecular formula is C32H23N7O. The first-order chi connectivity index (χ1) is 19.7. The Morgan fingerprint density at radius 1 is 0.725 bits per heavy atom. The van der Waals surface area contributed by atoms with E-state index in [0.717, 1.165) is 61.1 Å². The molecule has 0 aliphatic rings. The fourth-order valence-corrected chi connectivity index (χ4v) is 4.97. The second-order valence-corrected chi connectivity index (χ2v) is 9.55. The van der Waals surface area contributed by atoms with Crippen LogP contribution in [0, 0.1) is 0 Å². The van der Waals surface area contributed by atoms with Crippen LogP contribution in [-0.4, -0.2) is 36.0 Å². The van der Waals surface area contributed by atoms with Crippen molar-refractivity contribution in [2.75, 3.05) is 5.32 Å². The Morgan fingerprint density at radius 2 is 1.57 bits per heavy atom. The highest BCUT2D eigenvalue weighted by atomic mass is 16.1. The number of amides is 1. The Bertz CT molecular complexity index is 1980. The molecule has 8 heteroatoms. The number of H-pyrrole nitrogens is 2. The van der Waals surface area contributed by atoms with Gasteiger partial charge in [0.1, 0.15) is 5.69 Å². The van der Waals surface area contributed by atoms with Crippen molar-refractivity contribution in [1.82, 2.24) is 30.1 Å². The molecule has 0 bridgehead atoms. The molecular weight excluding hydrogens is 498 g/mol. The number of hydrogen-bond acceptors (Lipinski definition) is 5. The predicted molar refractivity (Wildman–Crippen MR) is 156 cm³/mol. The number of fused-ring (bicyclic) bond motifs is 2. The van der Waals surface area contributed by atoms with Crippen LogP contribution < -0.4 is 5.32 Å². The molecule has 0 saturated heterocycles. The second kappa shape index (κ2) is 9.92. The summed E-state index contributed by atoms with van der Waals surface area (Å²) in [5.74, 6) is -0.0860. The van der Waals surface area contributed by atoms with Gasteiger partial charge in [0.25, 0.3) is 0 Å². The lowest BCUT2D eigenvalue weighted by atomic mass is 10.0. The molecule has 0 atom stereocenters. The Balaban J connectivity index is 1.21. The van der Waals surface area contributed by atoms with Crippen molar-refractivity contribution in [2.45, 2.75) is 6.42 Å². The summed E-state index contributed by atoms with van der Waals surface area (Å²) in [6.45, 7) is 0. The molecule has 5 aromatic heterocycles. The van der Waals surface area contributed by atoms with Gasteiger partial charge < -0.3 is 10.3 Å². The number of rotatable bonds is 6. The number of aromatic amines is 2. The minimum atomic E-state index is -0.0860. The number of carbonyl (C=O) groups excluding carboxylic acids is 1. The van der Waals surface area contributed by atoms with E-state index in [0.29, 0.717) is 12.1 Å². The number of pyridine rings is 3. The van der Waals surface area contributed by atoms with Gasteiger partial charge in [0, 0.05) is 52.2 Å². The van der Waals surface area contributed by atoms with E-state index in [9.17, 15) is 4.79 Å². The summed E-state index contributed by atoms with van der Waals surface area (Å²) < 4.78 is 0. The van der Waals surface area contributed by atoms with Gasteiger partial charge in [0.05, 0.1) is 35.2 Å². The Hall–Kier alpha value is -5.63. The van der Waals surface area contributed by atoms with Crippen molar-refractivity contribution in [2.24, 2.45) is 0 Å². The minimum absolute atomic E-state index is 0.0860. The number of nitrogens with zero attached hydrogens (tertiary/aromatic N) is 4. The molecule has 0 fully saturated rings. The monoisotopic (exact) mass is 521 g/mol. The summed E-state index contributed by atoms with van der Waals surface area (Å²) >= 11 is 0. The SMILES string of the molecule is O=C(Cc1ccccc1)Nc1cncc(-c2ccc3[nH]nc(-c4cc5c(-c6ccncc6)nccc5[nH]4)c3c2)c1. The van der Waals surface area contributed by atoms with Gasteiger partial charge in [-0.3, -0.25) is 24.8 Å². The molecule has 0 aliphatic heterocycles. The molecule has 0 saturated carbocycles. The molecule has 0 aliphatic carbocycles. The van der Waals surface area contributed by atoms with Crippen LogP contribution >= 0.6 is 0 Å². The Kier molecular flexibility index (Phi) is 5.82. The molecule has 192 valence electrons. The summed E-state index contributed by atoms with van der Waals surface area (Å²) in [6, 6.07) is 25.7. The van der Waals surface area contributed by atoms with E-state index < -0.39 is 0 Å². The van der Waals surface area contributed by atoms with Gasteiger partial charge in [0.15, 0.2) is 0 Å². The van der Waals surface area contributed by atoms with E-state index in [1.807, 2.05) is 66.7 Å². The normalized spacial score (nSPS) is 11.2. The molecule has 8 nitrogen and oxygen atoms in total. The standard InChI is InChI=1S/C32H23N7O/c40-30(14-20-4-2-1-3-5-20)36-24-15-23(18-34-19-24)22-6-7-28-25(16-22)32(39-38-28)29-17-26-27(37-29)10-13-35-31(26)21-8-11-33-12-9-21/h1-13,15-19,37H,14H2,(H,36,40)(H,38,39). The number of benzene rings is 2. The summed E-state index contributed by atoms with van der Waals surface area (Å²) in [7, 11) is 0. The van der Waals surface area contributed by atoms with Crippen molar-refractivity contribution in [3.05, 3.63) is 115 Å². The van der Waals surface area contributed by atoms with Crippen LogP contribution in [0.25, 0.3) is 55.6 Å². The first-order valence-corrected chi connectivity index (χ1v) is 12.9. The van der Waals surface area contributed by atoms with Crippen molar-refractivity contribution in [3.8, 4) is 33.8 Å².